The van der Waals surface area contributed by atoms with Crippen molar-refractivity contribution in [2.45, 2.75) is 19.4 Å². The Balaban J connectivity index is 1.31. The van der Waals surface area contributed by atoms with Gasteiger partial charge in [-0.1, -0.05) is 12.1 Å². The molecule has 0 aliphatic carbocycles. The zero-order valence-electron chi connectivity index (χ0n) is 14.2. The Bertz CT molecular complexity index is 712. The van der Waals surface area contributed by atoms with Gasteiger partial charge in [-0.05, 0) is 42.4 Å². The fourth-order valence-electron chi connectivity index (χ4n) is 3.72. The average molecular weight is 341 g/mol. The Hall–Kier alpha value is -2.41. The van der Waals surface area contributed by atoms with Gasteiger partial charge >= 0.3 is 6.03 Å². The molecule has 25 heavy (non-hydrogen) atoms. The van der Waals surface area contributed by atoms with Crippen LogP contribution < -0.4 is 5.32 Å². The van der Waals surface area contributed by atoms with Gasteiger partial charge in [0.2, 0.25) is 0 Å². The van der Waals surface area contributed by atoms with Gasteiger partial charge in [0.15, 0.2) is 0 Å². The second-order valence-corrected chi connectivity index (χ2v) is 6.79. The van der Waals surface area contributed by atoms with E-state index < -0.39 is 0 Å². The number of rotatable bonds is 4. The molecule has 2 aliphatic rings. The number of nitrogens with one attached hydrogen (secondary N) is 1. The van der Waals surface area contributed by atoms with Crippen LogP contribution in [-0.2, 0) is 11.3 Å². The lowest BCUT2D eigenvalue weighted by atomic mass is 9.91. The Morgan fingerprint density at radius 2 is 2.28 bits per heavy atom. The third-order valence-electron chi connectivity index (χ3n) is 5.18. The van der Waals surface area contributed by atoms with E-state index in [0.29, 0.717) is 18.4 Å². The van der Waals surface area contributed by atoms with Crippen LogP contribution in [0.1, 0.15) is 18.4 Å². The second kappa shape index (κ2) is 7.23. The maximum atomic E-state index is 12.4. The highest BCUT2D eigenvalue weighted by Gasteiger charge is 2.33. The minimum atomic E-state index is 0.0209. The lowest BCUT2D eigenvalue weighted by Crippen LogP contribution is -2.38. The van der Waals surface area contributed by atoms with E-state index in [2.05, 4.69) is 15.4 Å². The first-order valence-electron chi connectivity index (χ1n) is 8.84. The number of ether oxygens (including phenoxy) is 1. The summed E-state index contributed by atoms with van der Waals surface area (Å²) >= 11 is 0. The average Bonchev–Trinajstić information content (AvgIpc) is 3.41. The molecule has 0 radical (unpaired) electrons. The monoisotopic (exact) mass is 341 g/mol. The van der Waals surface area contributed by atoms with Gasteiger partial charge in [0.1, 0.15) is 12.7 Å². The number of hydrogen-bond acceptors (Lipinski definition) is 4. The summed E-state index contributed by atoms with van der Waals surface area (Å²) in [5.41, 5.74) is 1.98. The van der Waals surface area contributed by atoms with Gasteiger partial charge < -0.3 is 15.0 Å². The molecule has 132 valence electrons. The zero-order valence-corrected chi connectivity index (χ0v) is 14.2. The summed E-state index contributed by atoms with van der Waals surface area (Å²) in [5, 5.41) is 7.17. The fraction of sp³-hybridized carbons (Fsp3) is 0.500. The Labute approximate surface area is 147 Å². The molecule has 4 rings (SSSR count). The van der Waals surface area contributed by atoms with Gasteiger partial charge in [-0.25, -0.2) is 14.5 Å². The molecule has 1 aromatic heterocycles. The fourth-order valence-corrected chi connectivity index (χ4v) is 3.72. The van der Waals surface area contributed by atoms with Crippen molar-refractivity contribution < 1.29 is 9.53 Å². The number of nitrogens with zero attached hydrogens (tertiary/aromatic N) is 4. The van der Waals surface area contributed by atoms with Crippen molar-refractivity contribution in [3.8, 4) is 5.69 Å². The summed E-state index contributed by atoms with van der Waals surface area (Å²) in [7, 11) is 0. The molecule has 0 saturated carbocycles. The lowest BCUT2D eigenvalue weighted by Gasteiger charge is -2.19. The molecule has 0 bridgehead atoms. The van der Waals surface area contributed by atoms with Crippen LogP contribution in [0, 0.1) is 11.8 Å². The zero-order chi connectivity index (χ0) is 17.1. The molecule has 3 heterocycles. The number of carbonyl (C=O) groups excluding carboxylic acids is 1. The molecule has 0 spiro atoms. The SMILES string of the molecule is O=C(NCc1cccc(-n2cncn2)c1)N1CCC(C2CCOC2)C1. The molecule has 7 nitrogen and oxygen atoms in total. The number of carbonyl (C=O) groups is 1. The van der Waals surface area contributed by atoms with E-state index in [0.717, 1.165) is 50.4 Å². The first kappa shape index (κ1) is 16.1. The van der Waals surface area contributed by atoms with E-state index in [1.807, 2.05) is 29.2 Å². The van der Waals surface area contributed by atoms with Gasteiger partial charge in [0, 0.05) is 32.8 Å². The van der Waals surface area contributed by atoms with Crippen LogP contribution in [0.15, 0.2) is 36.9 Å². The largest absolute Gasteiger partial charge is 0.381 e. The third-order valence-corrected chi connectivity index (χ3v) is 5.18. The lowest BCUT2D eigenvalue weighted by molar-refractivity contribution is 0.170. The Morgan fingerprint density at radius 1 is 1.32 bits per heavy atom. The molecular weight excluding hydrogens is 318 g/mol. The van der Waals surface area contributed by atoms with Crippen molar-refractivity contribution in [2.75, 3.05) is 26.3 Å². The molecule has 2 amide bonds. The molecule has 2 aliphatic heterocycles. The van der Waals surface area contributed by atoms with Crippen molar-refractivity contribution in [1.82, 2.24) is 25.0 Å². The summed E-state index contributed by atoms with van der Waals surface area (Å²) in [6.07, 6.45) is 5.39. The minimum Gasteiger partial charge on any atom is -0.381 e. The summed E-state index contributed by atoms with van der Waals surface area (Å²) in [6.45, 7) is 3.92. The van der Waals surface area contributed by atoms with Crippen LogP contribution in [0.3, 0.4) is 0 Å². The van der Waals surface area contributed by atoms with Crippen LogP contribution in [0.5, 0.6) is 0 Å². The molecule has 2 unspecified atom stereocenters. The van der Waals surface area contributed by atoms with E-state index in [4.69, 9.17) is 4.74 Å². The quantitative estimate of drug-likeness (QED) is 0.921. The van der Waals surface area contributed by atoms with Crippen LogP contribution in [0.2, 0.25) is 0 Å². The van der Waals surface area contributed by atoms with Crippen molar-refractivity contribution in [1.29, 1.82) is 0 Å². The minimum absolute atomic E-state index is 0.0209. The van der Waals surface area contributed by atoms with Gasteiger partial charge in [0.05, 0.1) is 5.69 Å². The van der Waals surface area contributed by atoms with Gasteiger partial charge in [0.25, 0.3) is 0 Å². The molecular formula is C18H23N5O2. The Morgan fingerprint density at radius 3 is 3.08 bits per heavy atom. The van der Waals surface area contributed by atoms with Gasteiger partial charge in [-0.2, -0.15) is 5.10 Å². The normalized spacial score (nSPS) is 23.1. The highest BCUT2D eigenvalue weighted by Crippen LogP contribution is 2.29. The predicted octanol–water partition coefficient (Wildman–Crippen LogP) is 1.84. The molecule has 2 fully saturated rings. The van der Waals surface area contributed by atoms with Crippen molar-refractivity contribution >= 4 is 6.03 Å². The molecule has 2 atom stereocenters. The standard InChI is InChI=1S/C18H23N5O2/c24-18(22-6-4-15(10-22)16-5-7-25-11-16)20-9-14-2-1-3-17(8-14)23-13-19-12-21-23/h1-3,8,12-13,15-16H,4-7,9-11H2,(H,20,24). The van der Waals surface area contributed by atoms with Crippen LogP contribution >= 0.6 is 0 Å². The molecule has 7 heteroatoms. The molecule has 2 saturated heterocycles. The second-order valence-electron chi connectivity index (χ2n) is 6.79. The van der Waals surface area contributed by atoms with Gasteiger partial charge in [-0.15, -0.1) is 0 Å². The van der Waals surface area contributed by atoms with E-state index >= 15 is 0 Å². The highest BCUT2D eigenvalue weighted by molar-refractivity contribution is 5.74. The number of likely N-dealkylation sites (tertiary alicyclic amines) is 1. The smallest absolute Gasteiger partial charge is 0.317 e. The predicted molar refractivity (Wildman–Crippen MR) is 92.2 cm³/mol. The van der Waals surface area contributed by atoms with Crippen LogP contribution in [0.4, 0.5) is 4.79 Å². The number of hydrogen-bond donors (Lipinski definition) is 1. The van der Waals surface area contributed by atoms with Crippen LogP contribution in [0.25, 0.3) is 5.69 Å². The maximum Gasteiger partial charge on any atom is 0.317 e. The highest BCUT2D eigenvalue weighted by atomic mass is 16.5. The molecule has 2 aromatic rings. The summed E-state index contributed by atoms with van der Waals surface area (Å²) in [5.74, 6) is 1.21. The van der Waals surface area contributed by atoms with E-state index in [-0.39, 0.29) is 6.03 Å². The first-order chi connectivity index (χ1) is 12.3. The molecule has 1 aromatic carbocycles. The maximum absolute atomic E-state index is 12.4. The summed E-state index contributed by atoms with van der Waals surface area (Å²) in [6, 6.07) is 7.97. The summed E-state index contributed by atoms with van der Waals surface area (Å²) < 4.78 is 7.19. The van der Waals surface area contributed by atoms with Crippen molar-refractivity contribution in [3.05, 3.63) is 42.5 Å². The first-order valence-corrected chi connectivity index (χ1v) is 8.84. The number of amides is 2. The number of aromatic nitrogens is 3. The topological polar surface area (TPSA) is 72.3 Å². The van der Waals surface area contributed by atoms with E-state index in [9.17, 15) is 4.79 Å². The van der Waals surface area contributed by atoms with Crippen molar-refractivity contribution in [3.63, 3.8) is 0 Å². The van der Waals surface area contributed by atoms with Crippen LogP contribution in [-0.4, -0.2) is 52.0 Å². The van der Waals surface area contributed by atoms with E-state index in [1.165, 1.54) is 6.33 Å². The Kier molecular flexibility index (Phi) is 4.65. The van der Waals surface area contributed by atoms with Crippen molar-refractivity contribution in [2.24, 2.45) is 11.8 Å². The van der Waals surface area contributed by atoms with Gasteiger partial charge in [-0.3, -0.25) is 0 Å². The number of benzene rings is 1. The number of urea groups is 1. The molecule has 1 N–H and O–H groups in total. The third kappa shape index (κ3) is 3.66. The van der Waals surface area contributed by atoms with E-state index in [1.54, 1.807) is 11.0 Å². The summed E-state index contributed by atoms with van der Waals surface area (Å²) in [4.78, 5) is 18.3.